The standard InChI is InChI=1S/C21H22ClNO2S/c1-15(2)18-13-20(12-17-5-4-6-19(22)11-17)23(14-18)26(24,25)21-9-7-16(3)8-10-21/h4-12,18H,1,13-14H2,2-3H3/b20-12+. The number of sulfonamides is 1. The van der Waals surface area contributed by atoms with E-state index in [0.717, 1.165) is 22.4 Å². The number of hydrogen-bond donors (Lipinski definition) is 0. The molecule has 1 saturated heterocycles. The number of benzene rings is 2. The summed E-state index contributed by atoms with van der Waals surface area (Å²) in [5.41, 5.74) is 3.67. The molecule has 1 unspecified atom stereocenters. The van der Waals surface area contributed by atoms with Crippen LogP contribution < -0.4 is 0 Å². The number of aryl methyl sites for hydroxylation is 1. The zero-order valence-corrected chi connectivity index (χ0v) is 16.5. The molecule has 1 aliphatic rings. The fraction of sp³-hybridized carbons (Fsp3) is 0.238. The predicted octanol–water partition coefficient (Wildman–Crippen LogP) is 5.28. The Balaban J connectivity index is 2.04. The van der Waals surface area contributed by atoms with Crippen LogP contribution in [-0.2, 0) is 10.0 Å². The molecule has 0 N–H and O–H groups in total. The van der Waals surface area contributed by atoms with Gasteiger partial charge in [0.25, 0.3) is 10.0 Å². The molecule has 2 aromatic carbocycles. The van der Waals surface area contributed by atoms with Gasteiger partial charge in [0.15, 0.2) is 0 Å². The molecule has 0 aliphatic carbocycles. The molecule has 1 atom stereocenters. The number of allylic oxidation sites excluding steroid dienone is 1. The van der Waals surface area contributed by atoms with Crippen LogP contribution in [0.25, 0.3) is 6.08 Å². The highest BCUT2D eigenvalue weighted by molar-refractivity contribution is 7.89. The fourth-order valence-electron chi connectivity index (χ4n) is 3.08. The van der Waals surface area contributed by atoms with E-state index in [9.17, 15) is 8.42 Å². The van der Waals surface area contributed by atoms with E-state index in [1.807, 2.05) is 50.3 Å². The van der Waals surface area contributed by atoms with Gasteiger partial charge in [0.05, 0.1) is 4.90 Å². The maximum Gasteiger partial charge on any atom is 0.264 e. The zero-order chi connectivity index (χ0) is 18.9. The Bertz CT molecular complexity index is 962. The molecule has 1 aliphatic heterocycles. The Morgan fingerprint density at radius 1 is 1.23 bits per heavy atom. The van der Waals surface area contributed by atoms with Crippen LogP contribution in [0.4, 0.5) is 0 Å². The monoisotopic (exact) mass is 387 g/mol. The Kier molecular flexibility index (Phi) is 5.26. The second-order valence-corrected chi connectivity index (χ2v) is 9.09. The van der Waals surface area contributed by atoms with Gasteiger partial charge in [-0.25, -0.2) is 8.42 Å². The summed E-state index contributed by atoms with van der Waals surface area (Å²) in [6.45, 7) is 8.32. The van der Waals surface area contributed by atoms with E-state index in [1.165, 1.54) is 4.31 Å². The van der Waals surface area contributed by atoms with Crippen LogP contribution in [0, 0.1) is 12.8 Å². The number of rotatable bonds is 4. The van der Waals surface area contributed by atoms with E-state index in [4.69, 9.17) is 11.6 Å². The lowest BCUT2D eigenvalue weighted by molar-refractivity contribution is 0.496. The van der Waals surface area contributed by atoms with Crippen LogP contribution in [0.3, 0.4) is 0 Å². The molecule has 3 nitrogen and oxygen atoms in total. The van der Waals surface area contributed by atoms with E-state index in [1.54, 1.807) is 18.2 Å². The average molecular weight is 388 g/mol. The summed E-state index contributed by atoms with van der Waals surface area (Å²) >= 11 is 6.07. The summed E-state index contributed by atoms with van der Waals surface area (Å²) in [7, 11) is -3.61. The molecule has 0 aromatic heterocycles. The fourth-order valence-corrected chi connectivity index (χ4v) is 4.82. The Hall–Kier alpha value is -2.04. The van der Waals surface area contributed by atoms with Crippen molar-refractivity contribution in [3.63, 3.8) is 0 Å². The minimum Gasteiger partial charge on any atom is -0.270 e. The third-order valence-electron chi connectivity index (χ3n) is 4.65. The highest BCUT2D eigenvalue weighted by atomic mass is 35.5. The highest BCUT2D eigenvalue weighted by Crippen LogP contribution is 2.36. The minimum atomic E-state index is -3.61. The third-order valence-corrected chi connectivity index (χ3v) is 6.72. The molecule has 0 spiro atoms. The van der Waals surface area contributed by atoms with E-state index < -0.39 is 10.0 Å². The second-order valence-electron chi connectivity index (χ2n) is 6.79. The number of nitrogens with zero attached hydrogens (tertiary/aromatic N) is 1. The summed E-state index contributed by atoms with van der Waals surface area (Å²) in [6.07, 6.45) is 2.55. The first-order valence-electron chi connectivity index (χ1n) is 8.48. The maximum absolute atomic E-state index is 13.2. The predicted molar refractivity (Wildman–Crippen MR) is 107 cm³/mol. The molecular formula is C21H22ClNO2S. The van der Waals surface area contributed by atoms with Crippen LogP contribution in [0.15, 0.2) is 71.3 Å². The number of halogens is 1. The molecule has 136 valence electrons. The Morgan fingerprint density at radius 2 is 1.92 bits per heavy atom. The van der Waals surface area contributed by atoms with Gasteiger partial charge in [-0.2, -0.15) is 0 Å². The first-order chi connectivity index (χ1) is 12.3. The van der Waals surface area contributed by atoms with Gasteiger partial charge in [0.1, 0.15) is 0 Å². The van der Waals surface area contributed by atoms with Crippen molar-refractivity contribution in [1.29, 1.82) is 0 Å². The Morgan fingerprint density at radius 3 is 2.54 bits per heavy atom. The Labute approximate surface area is 160 Å². The lowest BCUT2D eigenvalue weighted by Crippen LogP contribution is -2.28. The average Bonchev–Trinajstić information content (AvgIpc) is 3.00. The molecule has 0 radical (unpaired) electrons. The van der Waals surface area contributed by atoms with Crippen molar-refractivity contribution in [2.75, 3.05) is 6.54 Å². The van der Waals surface area contributed by atoms with Gasteiger partial charge < -0.3 is 0 Å². The molecule has 5 heteroatoms. The third kappa shape index (κ3) is 3.87. The van der Waals surface area contributed by atoms with Crippen molar-refractivity contribution in [2.24, 2.45) is 5.92 Å². The molecule has 0 bridgehead atoms. The SMILES string of the molecule is C=C(C)C1C/C(=C\c2cccc(Cl)c2)N(S(=O)(=O)c2ccc(C)cc2)C1. The molecule has 26 heavy (non-hydrogen) atoms. The quantitative estimate of drug-likeness (QED) is 0.669. The summed E-state index contributed by atoms with van der Waals surface area (Å²) in [5, 5.41) is 0.627. The summed E-state index contributed by atoms with van der Waals surface area (Å²) in [4.78, 5) is 0.308. The normalized spacial score (nSPS) is 19.1. The molecule has 0 amide bonds. The summed E-state index contributed by atoms with van der Waals surface area (Å²) in [6, 6.07) is 14.4. The molecule has 0 saturated carbocycles. The molecule has 1 fully saturated rings. The number of hydrogen-bond acceptors (Lipinski definition) is 2. The van der Waals surface area contributed by atoms with Gasteiger partial charge in [-0.1, -0.05) is 53.6 Å². The van der Waals surface area contributed by atoms with E-state index >= 15 is 0 Å². The van der Waals surface area contributed by atoms with E-state index in [-0.39, 0.29) is 5.92 Å². The van der Waals surface area contributed by atoms with Gasteiger partial charge in [0.2, 0.25) is 0 Å². The maximum atomic E-state index is 13.2. The van der Waals surface area contributed by atoms with Crippen molar-refractivity contribution in [3.05, 3.63) is 82.5 Å². The van der Waals surface area contributed by atoms with Gasteiger partial charge in [-0.3, -0.25) is 4.31 Å². The van der Waals surface area contributed by atoms with Gasteiger partial charge in [0, 0.05) is 23.2 Å². The van der Waals surface area contributed by atoms with E-state index in [0.29, 0.717) is 22.9 Å². The lowest BCUT2D eigenvalue weighted by Gasteiger charge is -2.21. The summed E-state index contributed by atoms with van der Waals surface area (Å²) < 4.78 is 27.9. The van der Waals surface area contributed by atoms with Crippen molar-refractivity contribution in [2.45, 2.75) is 25.2 Å². The van der Waals surface area contributed by atoms with Crippen LogP contribution >= 0.6 is 11.6 Å². The second kappa shape index (κ2) is 7.29. The molecule has 2 aromatic rings. The van der Waals surface area contributed by atoms with Crippen molar-refractivity contribution in [3.8, 4) is 0 Å². The topological polar surface area (TPSA) is 37.4 Å². The summed E-state index contributed by atoms with van der Waals surface area (Å²) in [5.74, 6) is 0.112. The van der Waals surface area contributed by atoms with Crippen molar-refractivity contribution >= 4 is 27.7 Å². The van der Waals surface area contributed by atoms with Crippen LogP contribution in [0.5, 0.6) is 0 Å². The van der Waals surface area contributed by atoms with Gasteiger partial charge >= 0.3 is 0 Å². The lowest BCUT2D eigenvalue weighted by atomic mass is 10.00. The first-order valence-corrected chi connectivity index (χ1v) is 10.3. The van der Waals surface area contributed by atoms with Crippen molar-refractivity contribution in [1.82, 2.24) is 4.31 Å². The minimum absolute atomic E-state index is 0.112. The first kappa shape index (κ1) is 18.7. The van der Waals surface area contributed by atoms with Crippen LogP contribution in [0.1, 0.15) is 24.5 Å². The highest BCUT2D eigenvalue weighted by Gasteiger charge is 2.35. The molecular weight excluding hydrogens is 366 g/mol. The molecule has 3 rings (SSSR count). The zero-order valence-electron chi connectivity index (χ0n) is 14.9. The van der Waals surface area contributed by atoms with Gasteiger partial charge in [-0.05, 0) is 56.2 Å². The smallest absolute Gasteiger partial charge is 0.264 e. The van der Waals surface area contributed by atoms with Crippen LogP contribution in [0.2, 0.25) is 5.02 Å². The van der Waals surface area contributed by atoms with E-state index in [2.05, 4.69) is 6.58 Å². The largest absolute Gasteiger partial charge is 0.270 e. The molecule has 1 heterocycles. The van der Waals surface area contributed by atoms with Gasteiger partial charge in [-0.15, -0.1) is 0 Å². The van der Waals surface area contributed by atoms with Crippen LogP contribution in [-0.4, -0.2) is 19.3 Å². The van der Waals surface area contributed by atoms with Crippen molar-refractivity contribution < 1.29 is 8.42 Å².